The highest BCUT2D eigenvalue weighted by Crippen LogP contribution is 2.54. The molecule has 3 atom stereocenters. The van der Waals surface area contributed by atoms with Crippen LogP contribution in [0.25, 0.3) is 0 Å². The van der Waals surface area contributed by atoms with Crippen molar-refractivity contribution in [2.75, 3.05) is 4.90 Å². The number of anilines is 1. The van der Waals surface area contributed by atoms with Crippen molar-refractivity contribution in [1.29, 1.82) is 0 Å². The summed E-state index contributed by atoms with van der Waals surface area (Å²) in [6.07, 6.45) is -12.0. The Kier molecular flexibility index (Phi) is 7.11. The first-order valence-corrected chi connectivity index (χ1v) is 12.2. The van der Waals surface area contributed by atoms with Crippen molar-refractivity contribution >= 4 is 23.4 Å². The van der Waals surface area contributed by atoms with Crippen LogP contribution in [0.2, 0.25) is 0 Å². The van der Waals surface area contributed by atoms with Gasteiger partial charge in [0.25, 0.3) is 5.60 Å². The molecule has 0 fully saturated rings. The molecule has 0 saturated carbocycles. The Morgan fingerprint density at radius 2 is 1.43 bits per heavy atom. The number of rotatable bonds is 4. The Hall–Kier alpha value is -2.98. The molecule has 1 N–H and O–H groups in total. The Morgan fingerprint density at radius 1 is 0.892 bits per heavy atom. The fraction of sp³-hybridized carbons (Fsp3) is 0.296. The summed E-state index contributed by atoms with van der Waals surface area (Å²) < 4.78 is 81.2. The van der Waals surface area contributed by atoms with Gasteiger partial charge in [-0.1, -0.05) is 73.7 Å². The van der Waals surface area contributed by atoms with E-state index >= 15 is 0 Å². The summed E-state index contributed by atoms with van der Waals surface area (Å²) >= 11 is 1.06. The molecule has 0 bridgehead atoms. The van der Waals surface area contributed by atoms with Gasteiger partial charge < -0.3 is 10.0 Å². The molecule has 0 unspecified atom stereocenters. The normalized spacial score (nSPS) is 19.3. The first-order chi connectivity index (χ1) is 17.3. The lowest BCUT2D eigenvalue weighted by Crippen LogP contribution is -2.54. The van der Waals surface area contributed by atoms with Gasteiger partial charge in [0.15, 0.2) is 0 Å². The van der Waals surface area contributed by atoms with Crippen LogP contribution < -0.4 is 4.90 Å². The first-order valence-electron chi connectivity index (χ1n) is 11.4. The van der Waals surface area contributed by atoms with E-state index in [4.69, 9.17) is 0 Å². The number of carbonyl (C=O) groups excluding carboxylic acids is 1. The lowest BCUT2D eigenvalue weighted by molar-refractivity contribution is -0.376. The highest BCUT2D eigenvalue weighted by Gasteiger charge is 2.71. The molecule has 0 aliphatic carbocycles. The topological polar surface area (TPSA) is 40.5 Å². The molecule has 0 aromatic heterocycles. The smallest absolute Gasteiger partial charge is 0.369 e. The van der Waals surface area contributed by atoms with Gasteiger partial charge in [-0.2, -0.15) is 26.3 Å². The third kappa shape index (κ3) is 4.72. The van der Waals surface area contributed by atoms with Crippen LogP contribution in [0, 0.1) is 0 Å². The molecular formula is C27H23F6NO2S. The molecule has 4 rings (SSSR count). The van der Waals surface area contributed by atoms with E-state index in [0.717, 1.165) is 23.4 Å². The second-order valence-electron chi connectivity index (χ2n) is 8.91. The number of benzene rings is 3. The number of hydrogen-bond acceptors (Lipinski definition) is 3. The summed E-state index contributed by atoms with van der Waals surface area (Å²) in [4.78, 5) is 15.4. The maximum Gasteiger partial charge on any atom is 0.430 e. The molecule has 1 aliphatic heterocycles. The molecule has 0 saturated heterocycles. The maximum atomic E-state index is 13.9. The summed E-state index contributed by atoms with van der Waals surface area (Å²) in [7, 11) is 0. The van der Waals surface area contributed by atoms with E-state index < -0.39 is 40.7 Å². The van der Waals surface area contributed by atoms with E-state index in [1.54, 1.807) is 62.4 Å². The molecule has 0 spiro atoms. The summed E-state index contributed by atoms with van der Waals surface area (Å²) in [6.45, 7) is 3.46. The number of hydrogen-bond donors (Lipinski definition) is 1. The highest BCUT2D eigenvalue weighted by atomic mass is 32.2. The van der Waals surface area contributed by atoms with Crippen LogP contribution in [0.1, 0.15) is 42.5 Å². The van der Waals surface area contributed by atoms with Crippen LogP contribution >= 0.6 is 11.8 Å². The highest BCUT2D eigenvalue weighted by molar-refractivity contribution is 8.00. The summed E-state index contributed by atoms with van der Waals surface area (Å²) in [6, 6.07) is 19.7. The molecule has 3 aromatic carbocycles. The zero-order chi connectivity index (χ0) is 27.2. The van der Waals surface area contributed by atoms with Crippen molar-refractivity contribution in [3.63, 3.8) is 0 Å². The van der Waals surface area contributed by atoms with Crippen LogP contribution in [0.15, 0.2) is 83.8 Å². The minimum Gasteiger partial charge on any atom is -0.369 e. The van der Waals surface area contributed by atoms with Gasteiger partial charge in [-0.05, 0) is 30.2 Å². The average molecular weight is 540 g/mol. The Labute approximate surface area is 214 Å². The lowest BCUT2D eigenvalue weighted by Gasteiger charge is -2.43. The van der Waals surface area contributed by atoms with E-state index in [2.05, 4.69) is 0 Å². The predicted molar refractivity (Wildman–Crippen MR) is 129 cm³/mol. The Balaban J connectivity index is 1.88. The third-order valence-corrected chi connectivity index (χ3v) is 7.75. The van der Waals surface area contributed by atoms with Gasteiger partial charge in [0.1, 0.15) is 0 Å². The van der Waals surface area contributed by atoms with Gasteiger partial charge in [0.05, 0.1) is 17.6 Å². The van der Waals surface area contributed by atoms with Crippen LogP contribution in [0.3, 0.4) is 0 Å². The number of alkyl halides is 6. The minimum atomic E-state index is -6.01. The quantitative estimate of drug-likeness (QED) is 0.352. The molecule has 196 valence electrons. The molecule has 1 amide bonds. The van der Waals surface area contributed by atoms with Crippen LogP contribution in [0.5, 0.6) is 0 Å². The van der Waals surface area contributed by atoms with E-state index in [1.807, 2.05) is 12.1 Å². The number of halogens is 6. The van der Waals surface area contributed by atoms with E-state index in [0.29, 0.717) is 17.7 Å². The molecular weight excluding hydrogens is 516 g/mol. The second-order valence-corrected chi connectivity index (χ2v) is 10.3. The molecule has 1 heterocycles. The monoisotopic (exact) mass is 539 g/mol. The SMILES string of the molecule is C[C@H](C(=O)N1c2ccc(C(O)(C(F)(F)F)C(F)(F)F)cc2S[C@H](C)[C@@H]1c1ccccc1)c1ccccc1. The van der Waals surface area contributed by atoms with Crippen molar-refractivity contribution in [2.45, 2.75) is 53.9 Å². The van der Waals surface area contributed by atoms with Gasteiger partial charge in [0.2, 0.25) is 5.91 Å². The van der Waals surface area contributed by atoms with Crippen molar-refractivity contribution in [2.24, 2.45) is 0 Å². The number of carbonyl (C=O) groups is 1. The largest absolute Gasteiger partial charge is 0.430 e. The van der Waals surface area contributed by atoms with E-state index in [9.17, 15) is 36.2 Å². The first kappa shape index (κ1) is 27.1. The number of fused-ring (bicyclic) bond motifs is 1. The van der Waals surface area contributed by atoms with Gasteiger partial charge in [-0.25, -0.2) is 0 Å². The predicted octanol–water partition coefficient (Wildman–Crippen LogP) is 7.37. The second kappa shape index (κ2) is 9.72. The van der Waals surface area contributed by atoms with Crippen LogP contribution in [-0.2, 0) is 10.4 Å². The van der Waals surface area contributed by atoms with Gasteiger partial charge in [-0.15, -0.1) is 11.8 Å². The Bertz CT molecular complexity index is 1250. The van der Waals surface area contributed by atoms with Gasteiger partial charge in [0, 0.05) is 15.7 Å². The molecule has 3 nitrogen and oxygen atoms in total. The number of nitrogens with zero attached hydrogens (tertiary/aromatic N) is 1. The molecule has 0 radical (unpaired) electrons. The molecule has 10 heteroatoms. The minimum absolute atomic E-state index is 0.0396. The standard InChI is InChI=1S/C27H23F6NO2S/c1-16(18-9-5-3-6-10-18)24(35)34-21-14-13-20(25(36,26(28,29)30)27(31,32)33)15-22(21)37-17(2)23(34)19-11-7-4-8-12-19/h3-17,23,36H,1-2H3/t16-,17+,23+/m0/s1. The zero-order valence-electron chi connectivity index (χ0n) is 19.7. The Morgan fingerprint density at radius 3 is 1.97 bits per heavy atom. The van der Waals surface area contributed by atoms with E-state index in [1.165, 1.54) is 4.90 Å². The van der Waals surface area contributed by atoms with Gasteiger partial charge >= 0.3 is 12.4 Å². The van der Waals surface area contributed by atoms with Crippen LogP contribution in [0.4, 0.5) is 32.0 Å². The third-order valence-electron chi connectivity index (χ3n) is 6.54. The maximum absolute atomic E-state index is 13.9. The van der Waals surface area contributed by atoms with Gasteiger partial charge in [-0.3, -0.25) is 4.79 Å². The summed E-state index contributed by atoms with van der Waals surface area (Å²) in [5.41, 5.74) is -4.74. The van der Waals surface area contributed by atoms with E-state index in [-0.39, 0.29) is 16.5 Å². The molecule has 1 aliphatic rings. The lowest BCUT2D eigenvalue weighted by atomic mass is 9.91. The van der Waals surface area contributed by atoms with Crippen molar-refractivity contribution in [3.05, 3.63) is 95.6 Å². The molecule has 3 aromatic rings. The zero-order valence-corrected chi connectivity index (χ0v) is 20.5. The molecule has 37 heavy (non-hydrogen) atoms. The average Bonchev–Trinajstić information content (AvgIpc) is 2.85. The summed E-state index contributed by atoms with van der Waals surface area (Å²) in [5.74, 6) is -0.999. The van der Waals surface area contributed by atoms with Crippen molar-refractivity contribution in [1.82, 2.24) is 0 Å². The van der Waals surface area contributed by atoms with Crippen molar-refractivity contribution < 1.29 is 36.2 Å². The van der Waals surface area contributed by atoms with Crippen LogP contribution in [-0.4, -0.2) is 28.6 Å². The fourth-order valence-corrected chi connectivity index (χ4v) is 5.85. The number of amides is 1. The van der Waals surface area contributed by atoms with Crippen molar-refractivity contribution in [3.8, 4) is 0 Å². The number of aliphatic hydroxyl groups is 1. The fourth-order valence-electron chi connectivity index (χ4n) is 4.56. The summed E-state index contributed by atoms with van der Waals surface area (Å²) in [5, 5.41) is 9.50. The number of thioether (sulfide) groups is 1.